The van der Waals surface area contributed by atoms with Gasteiger partial charge in [0.15, 0.2) is 12.2 Å². The minimum absolute atomic E-state index is 0.103. The number of phosphoric ester groups is 2. The molecule has 3 unspecified atom stereocenters. The summed E-state index contributed by atoms with van der Waals surface area (Å²) in [7, 11) is -9.91. The van der Waals surface area contributed by atoms with E-state index in [0.717, 1.165) is 102 Å². The smallest absolute Gasteiger partial charge is 0.462 e. The summed E-state index contributed by atoms with van der Waals surface area (Å²) < 4.78 is 68.5. The van der Waals surface area contributed by atoms with Crippen molar-refractivity contribution in [2.75, 3.05) is 39.6 Å². The molecule has 3 N–H and O–H groups in total. The average Bonchev–Trinajstić information content (AvgIpc) is 1.33. The van der Waals surface area contributed by atoms with Crippen molar-refractivity contribution < 1.29 is 80.2 Å². The Bertz CT molecular complexity index is 1870. The van der Waals surface area contributed by atoms with Gasteiger partial charge in [-0.2, -0.15) is 0 Å². The van der Waals surface area contributed by atoms with Crippen molar-refractivity contribution in [2.24, 2.45) is 17.8 Å². The highest BCUT2D eigenvalue weighted by atomic mass is 31.2. The number of carbonyl (C=O) groups is 4. The lowest BCUT2D eigenvalue weighted by atomic mass is 9.99. The van der Waals surface area contributed by atoms with Gasteiger partial charge in [0.25, 0.3) is 0 Å². The van der Waals surface area contributed by atoms with Crippen LogP contribution in [0.25, 0.3) is 0 Å². The molecule has 0 aliphatic rings. The summed E-state index contributed by atoms with van der Waals surface area (Å²) in [4.78, 5) is 72.8. The van der Waals surface area contributed by atoms with Crippen LogP contribution < -0.4 is 0 Å². The minimum atomic E-state index is -4.96. The van der Waals surface area contributed by atoms with Crippen LogP contribution in [0.4, 0.5) is 0 Å². The average molecular weight is 1410 g/mol. The second kappa shape index (κ2) is 67.5. The summed E-state index contributed by atoms with van der Waals surface area (Å²) in [6.07, 6.45) is 54.3. The predicted molar refractivity (Wildman–Crippen MR) is 391 cm³/mol. The van der Waals surface area contributed by atoms with Crippen molar-refractivity contribution >= 4 is 39.5 Å². The molecule has 19 heteroatoms. The molecular formula is C77H150O17P2. The van der Waals surface area contributed by atoms with E-state index in [4.69, 9.17) is 37.0 Å². The quantitative estimate of drug-likeness (QED) is 0.0222. The van der Waals surface area contributed by atoms with Crippen LogP contribution in [0.5, 0.6) is 0 Å². The van der Waals surface area contributed by atoms with Gasteiger partial charge in [-0.05, 0) is 43.4 Å². The largest absolute Gasteiger partial charge is 0.472 e. The molecule has 6 atom stereocenters. The Balaban J connectivity index is 5.22. The van der Waals surface area contributed by atoms with Crippen LogP contribution in [-0.4, -0.2) is 96.7 Å². The molecule has 17 nitrogen and oxygen atoms in total. The summed E-state index contributed by atoms with van der Waals surface area (Å²) in [6, 6.07) is 0. The molecule has 0 saturated heterocycles. The number of phosphoric acid groups is 2. The molecule has 0 aromatic rings. The second-order valence-electron chi connectivity index (χ2n) is 28.9. The van der Waals surface area contributed by atoms with E-state index in [-0.39, 0.29) is 25.7 Å². The van der Waals surface area contributed by atoms with E-state index in [1.807, 2.05) is 0 Å². The number of aliphatic hydroxyl groups excluding tert-OH is 1. The highest BCUT2D eigenvalue weighted by Crippen LogP contribution is 2.45. The lowest BCUT2D eigenvalue weighted by Crippen LogP contribution is -2.30. The van der Waals surface area contributed by atoms with E-state index in [1.165, 1.54) is 199 Å². The molecule has 0 aliphatic heterocycles. The van der Waals surface area contributed by atoms with Crippen molar-refractivity contribution in [3.8, 4) is 0 Å². The number of carbonyl (C=O) groups excluding carboxylic acids is 4. The fourth-order valence-corrected chi connectivity index (χ4v) is 13.3. The number of hydrogen-bond donors (Lipinski definition) is 3. The summed E-state index contributed by atoms with van der Waals surface area (Å²) in [6.45, 7) is 11.8. The van der Waals surface area contributed by atoms with Gasteiger partial charge in [0.05, 0.1) is 26.4 Å². The maximum Gasteiger partial charge on any atom is 0.472 e. The molecule has 0 saturated carbocycles. The third-order valence-corrected chi connectivity index (χ3v) is 20.1. The highest BCUT2D eigenvalue weighted by molar-refractivity contribution is 7.47. The molecule has 0 aromatic heterocycles. The van der Waals surface area contributed by atoms with Crippen LogP contribution in [0.2, 0.25) is 0 Å². The van der Waals surface area contributed by atoms with E-state index in [0.29, 0.717) is 37.5 Å². The zero-order valence-corrected chi connectivity index (χ0v) is 64.6. The first-order chi connectivity index (χ1) is 46.3. The number of rotatable bonds is 75. The zero-order chi connectivity index (χ0) is 70.9. The monoisotopic (exact) mass is 1410 g/mol. The number of esters is 4. The minimum Gasteiger partial charge on any atom is -0.462 e. The van der Waals surface area contributed by atoms with Gasteiger partial charge in [0.1, 0.15) is 19.3 Å². The first-order valence-electron chi connectivity index (χ1n) is 39.9. The molecule has 0 aromatic carbocycles. The summed E-state index contributed by atoms with van der Waals surface area (Å²) in [5.41, 5.74) is 0. The Morgan fingerprint density at radius 2 is 0.531 bits per heavy atom. The van der Waals surface area contributed by atoms with Gasteiger partial charge in [-0.25, -0.2) is 9.13 Å². The fraction of sp³-hybridized carbons (Fsp3) is 0.948. The molecule has 0 heterocycles. The molecule has 0 amide bonds. The number of unbranched alkanes of at least 4 members (excludes halogenated alkanes) is 42. The van der Waals surface area contributed by atoms with Crippen LogP contribution in [0.3, 0.4) is 0 Å². The van der Waals surface area contributed by atoms with Crippen LogP contribution >= 0.6 is 15.6 Å². The van der Waals surface area contributed by atoms with E-state index in [9.17, 15) is 43.2 Å². The van der Waals surface area contributed by atoms with Gasteiger partial charge < -0.3 is 33.8 Å². The summed E-state index contributed by atoms with van der Waals surface area (Å²) in [5, 5.41) is 10.6. The number of hydrogen-bond acceptors (Lipinski definition) is 15. The third kappa shape index (κ3) is 69.2. The first kappa shape index (κ1) is 94.1. The van der Waals surface area contributed by atoms with Gasteiger partial charge in [-0.1, -0.05) is 344 Å². The van der Waals surface area contributed by atoms with E-state index >= 15 is 0 Å². The maximum atomic E-state index is 13.1. The lowest BCUT2D eigenvalue weighted by Gasteiger charge is -2.21. The normalized spacial score (nSPS) is 14.3. The van der Waals surface area contributed by atoms with Crippen molar-refractivity contribution in [3.05, 3.63) is 0 Å². The molecule has 0 radical (unpaired) electrons. The standard InChI is InChI=1S/C77H150O17P2/c1-8-10-11-12-13-14-15-16-17-18-19-20-24-27-30-37-44-51-58-74(79)87-64-72(93-76(81)60-53-46-38-31-28-25-22-21-23-26-29-36-43-50-57-70(7)9-2)66-91-95(83,84)89-62-71(78)63-90-96(85,86)92-67-73(94-77(82)61-54-47-40-33-35-42-49-56-69(5)6)65-88-75(80)59-52-45-39-32-34-41-48-55-68(3)4/h68-73,78H,8-67H2,1-7H3,(H,83,84)(H,85,86)/t70?,71-,72-,73-/m1/s1. The summed E-state index contributed by atoms with van der Waals surface area (Å²) in [5.74, 6) is 0.126. The van der Waals surface area contributed by atoms with Crippen molar-refractivity contribution in [1.82, 2.24) is 0 Å². The first-order valence-corrected chi connectivity index (χ1v) is 42.9. The van der Waals surface area contributed by atoms with Crippen LogP contribution in [-0.2, 0) is 65.4 Å². The van der Waals surface area contributed by atoms with Gasteiger partial charge >= 0.3 is 39.5 Å². The Morgan fingerprint density at radius 3 is 0.792 bits per heavy atom. The van der Waals surface area contributed by atoms with Crippen LogP contribution in [0, 0.1) is 17.8 Å². The van der Waals surface area contributed by atoms with Crippen molar-refractivity contribution in [1.29, 1.82) is 0 Å². The van der Waals surface area contributed by atoms with Gasteiger partial charge in [0.2, 0.25) is 0 Å². The fourth-order valence-electron chi connectivity index (χ4n) is 11.7. The van der Waals surface area contributed by atoms with Crippen LogP contribution in [0.1, 0.15) is 395 Å². The molecule has 0 rings (SSSR count). The third-order valence-electron chi connectivity index (χ3n) is 18.2. The molecular weight excluding hydrogens is 1260 g/mol. The topological polar surface area (TPSA) is 237 Å². The maximum absolute atomic E-state index is 13.1. The van der Waals surface area contributed by atoms with E-state index < -0.39 is 97.5 Å². The van der Waals surface area contributed by atoms with Gasteiger partial charge in [-0.15, -0.1) is 0 Å². The SMILES string of the molecule is CCCCCCCCCCCCCCCCCCCCC(=O)OC[C@H](COP(=O)(O)OC[C@@H](O)COP(=O)(O)OC[C@@H](COC(=O)CCCCCCCCCC(C)C)OC(=O)CCCCCCCCCC(C)C)OC(=O)CCCCCCCCCCCCCCCCC(C)CC. The molecule has 0 fully saturated rings. The van der Waals surface area contributed by atoms with Gasteiger partial charge in [0, 0.05) is 25.7 Å². The van der Waals surface area contributed by atoms with E-state index in [1.54, 1.807) is 0 Å². The Kier molecular flexibility index (Phi) is 66.2. The Morgan fingerprint density at radius 1 is 0.302 bits per heavy atom. The predicted octanol–water partition coefficient (Wildman–Crippen LogP) is 22.6. The van der Waals surface area contributed by atoms with E-state index in [2.05, 4.69) is 48.5 Å². The molecule has 96 heavy (non-hydrogen) atoms. The summed E-state index contributed by atoms with van der Waals surface area (Å²) >= 11 is 0. The zero-order valence-electron chi connectivity index (χ0n) is 62.8. The molecule has 0 aliphatic carbocycles. The van der Waals surface area contributed by atoms with Crippen molar-refractivity contribution in [3.63, 3.8) is 0 Å². The molecule has 0 spiro atoms. The van der Waals surface area contributed by atoms with Crippen LogP contribution in [0.15, 0.2) is 0 Å². The Labute approximate surface area is 588 Å². The highest BCUT2D eigenvalue weighted by Gasteiger charge is 2.30. The molecule has 570 valence electrons. The lowest BCUT2D eigenvalue weighted by molar-refractivity contribution is -0.161. The molecule has 0 bridgehead atoms. The number of ether oxygens (including phenoxy) is 4. The second-order valence-corrected chi connectivity index (χ2v) is 31.8. The Hall–Kier alpha value is -1.94. The van der Waals surface area contributed by atoms with Gasteiger partial charge in [-0.3, -0.25) is 37.3 Å². The number of aliphatic hydroxyl groups is 1. The van der Waals surface area contributed by atoms with Crippen molar-refractivity contribution in [2.45, 2.75) is 414 Å².